The van der Waals surface area contributed by atoms with Gasteiger partial charge in [0.15, 0.2) is 5.82 Å². The molecule has 0 bridgehead atoms. The van der Waals surface area contributed by atoms with Crippen LogP contribution in [0.15, 0.2) is 18.2 Å². The largest absolute Gasteiger partial charge is 0.374 e. The minimum Gasteiger partial charge on any atom is -0.374 e. The summed E-state index contributed by atoms with van der Waals surface area (Å²) in [4.78, 5) is 11.7. The first-order chi connectivity index (χ1) is 8.35. The van der Waals surface area contributed by atoms with Gasteiger partial charge in [-0.1, -0.05) is 24.6 Å². The fourth-order valence-corrected chi connectivity index (χ4v) is 1.50. The number of anilines is 1. The van der Waals surface area contributed by atoms with E-state index in [-0.39, 0.29) is 28.7 Å². The molecule has 0 radical (unpaired) electrons. The smallest absolute Gasteiger partial charge is 0.239 e. The Labute approximate surface area is 112 Å². The normalized spacial score (nSPS) is 11.2. The maximum absolute atomic E-state index is 13.5. The molecule has 3 nitrogen and oxygen atoms in total. The van der Waals surface area contributed by atoms with Crippen LogP contribution in [0.5, 0.6) is 0 Å². The summed E-state index contributed by atoms with van der Waals surface area (Å²) in [5.74, 6) is -0.719. The second kappa shape index (κ2) is 6.05. The fourth-order valence-electron chi connectivity index (χ4n) is 1.33. The molecule has 0 spiro atoms. The molecule has 0 aromatic heterocycles. The number of hydrogen-bond donors (Lipinski definition) is 2. The van der Waals surface area contributed by atoms with Crippen molar-refractivity contribution in [2.24, 2.45) is 0 Å². The molecule has 18 heavy (non-hydrogen) atoms. The van der Waals surface area contributed by atoms with Gasteiger partial charge in [0, 0.05) is 5.54 Å². The topological polar surface area (TPSA) is 41.1 Å². The van der Waals surface area contributed by atoms with Gasteiger partial charge in [0.05, 0.1) is 17.3 Å². The zero-order chi connectivity index (χ0) is 13.8. The summed E-state index contributed by atoms with van der Waals surface area (Å²) in [6.07, 6.45) is 0.824. The Balaban J connectivity index is 2.56. The Morgan fingerprint density at radius 1 is 1.44 bits per heavy atom. The quantitative estimate of drug-likeness (QED) is 0.864. The summed E-state index contributed by atoms with van der Waals surface area (Å²) < 4.78 is 13.5. The number of nitrogens with one attached hydrogen (secondary N) is 2. The predicted molar refractivity (Wildman–Crippen MR) is 72.4 cm³/mol. The van der Waals surface area contributed by atoms with Crippen molar-refractivity contribution in [3.63, 3.8) is 0 Å². The average molecular weight is 273 g/mol. The summed E-state index contributed by atoms with van der Waals surface area (Å²) in [7, 11) is 0. The van der Waals surface area contributed by atoms with Crippen LogP contribution in [-0.2, 0) is 4.79 Å². The number of halogens is 2. The molecule has 1 amide bonds. The summed E-state index contributed by atoms with van der Waals surface area (Å²) >= 11 is 5.64. The maximum Gasteiger partial charge on any atom is 0.239 e. The highest BCUT2D eigenvalue weighted by molar-refractivity contribution is 6.31. The van der Waals surface area contributed by atoms with Gasteiger partial charge in [-0.15, -0.1) is 0 Å². The van der Waals surface area contributed by atoms with Crippen molar-refractivity contribution in [2.75, 3.05) is 11.9 Å². The molecule has 0 saturated heterocycles. The third-order valence-corrected chi connectivity index (χ3v) is 3.04. The third kappa shape index (κ3) is 4.18. The van der Waals surface area contributed by atoms with Crippen LogP contribution < -0.4 is 10.6 Å². The van der Waals surface area contributed by atoms with Crippen molar-refractivity contribution in [3.8, 4) is 0 Å². The van der Waals surface area contributed by atoms with Crippen molar-refractivity contribution >= 4 is 23.2 Å². The van der Waals surface area contributed by atoms with Gasteiger partial charge in [0.25, 0.3) is 0 Å². The first-order valence-corrected chi connectivity index (χ1v) is 6.22. The van der Waals surface area contributed by atoms with E-state index in [1.165, 1.54) is 6.07 Å². The highest BCUT2D eigenvalue weighted by Crippen LogP contribution is 2.21. The van der Waals surface area contributed by atoms with E-state index in [1.807, 2.05) is 20.8 Å². The fraction of sp³-hybridized carbons (Fsp3) is 0.462. The van der Waals surface area contributed by atoms with Gasteiger partial charge in [-0.2, -0.15) is 0 Å². The number of rotatable bonds is 5. The molecule has 1 rings (SSSR count). The second-order valence-electron chi connectivity index (χ2n) is 4.74. The lowest BCUT2D eigenvalue weighted by molar-refractivity contribution is -0.121. The van der Waals surface area contributed by atoms with E-state index in [9.17, 15) is 9.18 Å². The summed E-state index contributed by atoms with van der Waals surface area (Å²) in [6, 6.07) is 4.63. The zero-order valence-electron chi connectivity index (χ0n) is 10.8. The van der Waals surface area contributed by atoms with Crippen LogP contribution in [0.1, 0.15) is 27.2 Å². The minimum absolute atomic E-state index is 0.0146. The zero-order valence-corrected chi connectivity index (χ0v) is 11.6. The van der Waals surface area contributed by atoms with E-state index in [0.29, 0.717) is 0 Å². The van der Waals surface area contributed by atoms with Gasteiger partial charge >= 0.3 is 0 Å². The first-order valence-electron chi connectivity index (χ1n) is 5.84. The Morgan fingerprint density at radius 2 is 2.11 bits per heavy atom. The molecule has 0 heterocycles. The SMILES string of the molecule is CCC(C)(C)NC(=O)CNc1cccc(Cl)c1F. The molecular weight excluding hydrogens is 255 g/mol. The Kier molecular flexibility index (Phi) is 4.96. The van der Waals surface area contributed by atoms with Crippen LogP contribution in [-0.4, -0.2) is 18.0 Å². The van der Waals surface area contributed by atoms with E-state index >= 15 is 0 Å². The highest BCUT2D eigenvalue weighted by Gasteiger charge is 2.17. The van der Waals surface area contributed by atoms with Crippen LogP contribution in [0.25, 0.3) is 0 Å². The molecule has 0 fully saturated rings. The Hall–Kier alpha value is -1.29. The van der Waals surface area contributed by atoms with Gasteiger partial charge in [-0.25, -0.2) is 4.39 Å². The van der Waals surface area contributed by atoms with Gasteiger partial charge in [-0.05, 0) is 32.4 Å². The van der Waals surface area contributed by atoms with Gasteiger partial charge in [0.2, 0.25) is 5.91 Å². The molecule has 0 aliphatic carbocycles. The lowest BCUT2D eigenvalue weighted by atomic mass is 10.0. The first kappa shape index (κ1) is 14.8. The molecule has 0 unspecified atom stereocenters. The van der Waals surface area contributed by atoms with E-state index < -0.39 is 5.82 Å². The molecular formula is C13H18ClFN2O. The van der Waals surface area contributed by atoms with Gasteiger partial charge in [-0.3, -0.25) is 4.79 Å². The van der Waals surface area contributed by atoms with Crippen LogP contribution >= 0.6 is 11.6 Å². The molecule has 1 aromatic rings. The van der Waals surface area contributed by atoms with Crippen molar-refractivity contribution in [1.82, 2.24) is 5.32 Å². The minimum atomic E-state index is -0.540. The monoisotopic (exact) mass is 272 g/mol. The number of carbonyl (C=O) groups excluding carboxylic acids is 1. The molecule has 2 N–H and O–H groups in total. The van der Waals surface area contributed by atoms with Crippen molar-refractivity contribution in [3.05, 3.63) is 29.0 Å². The second-order valence-corrected chi connectivity index (χ2v) is 5.15. The van der Waals surface area contributed by atoms with Crippen molar-refractivity contribution < 1.29 is 9.18 Å². The lowest BCUT2D eigenvalue weighted by Gasteiger charge is -2.24. The van der Waals surface area contributed by atoms with Crippen molar-refractivity contribution in [1.29, 1.82) is 0 Å². The standard InChI is InChI=1S/C13H18ClFN2O/c1-4-13(2,3)17-11(18)8-16-10-7-5-6-9(14)12(10)15/h5-7,16H,4,8H2,1-3H3,(H,17,18). The molecule has 0 atom stereocenters. The van der Waals surface area contributed by atoms with Crippen molar-refractivity contribution in [2.45, 2.75) is 32.7 Å². The van der Waals surface area contributed by atoms with Crippen LogP contribution in [0.2, 0.25) is 5.02 Å². The number of amides is 1. The Morgan fingerprint density at radius 3 is 2.72 bits per heavy atom. The predicted octanol–water partition coefficient (Wildman–Crippen LogP) is 3.20. The average Bonchev–Trinajstić information content (AvgIpc) is 2.30. The molecule has 0 saturated carbocycles. The molecule has 5 heteroatoms. The molecule has 0 aliphatic rings. The van der Waals surface area contributed by atoms with Crippen LogP contribution in [0.3, 0.4) is 0 Å². The summed E-state index contributed by atoms with van der Waals surface area (Å²) in [6.45, 7) is 5.88. The molecule has 1 aromatic carbocycles. The summed E-state index contributed by atoms with van der Waals surface area (Å²) in [5, 5.41) is 5.62. The third-order valence-electron chi connectivity index (χ3n) is 2.75. The highest BCUT2D eigenvalue weighted by atomic mass is 35.5. The lowest BCUT2D eigenvalue weighted by Crippen LogP contribution is -2.45. The Bertz CT molecular complexity index is 435. The van der Waals surface area contributed by atoms with E-state index in [0.717, 1.165) is 6.42 Å². The van der Waals surface area contributed by atoms with E-state index in [1.54, 1.807) is 12.1 Å². The van der Waals surface area contributed by atoms with Crippen LogP contribution in [0.4, 0.5) is 10.1 Å². The summed E-state index contributed by atoms with van der Waals surface area (Å²) in [5.41, 5.74) is -0.0296. The van der Waals surface area contributed by atoms with Gasteiger partial charge in [0.1, 0.15) is 0 Å². The van der Waals surface area contributed by atoms with Crippen LogP contribution in [0, 0.1) is 5.82 Å². The van der Waals surface area contributed by atoms with Gasteiger partial charge < -0.3 is 10.6 Å². The van der Waals surface area contributed by atoms with E-state index in [4.69, 9.17) is 11.6 Å². The van der Waals surface area contributed by atoms with E-state index in [2.05, 4.69) is 10.6 Å². The number of hydrogen-bond acceptors (Lipinski definition) is 2. The molecule has 100 valence electrons. The molecule has 0 aliphatic heterocycles. The maximum atomic E-state index is 13.5. The number of benzene rings is 1. The number of carbonyl (C=O) groups is 1.